The Bertz CT molecular complexity index is 1420. The predicted molar refractivity (Wildman–Crippen MR) is 106 cm³/mol. The van der Waals surface area contributed by atoms with E-state index in [1.165, 1.54) is 28.8 Å². The monoisotopic (exact) mass is 388 g/mol. The molecule has 0 saturated carbocycles. The van der Waals surface area contributed by atoms with E-state index in [2.05, 4.69) is 10.1 Å². The van der Waals surface area contributed by atoms with E-state index >= 15 is 0 Å². The summed E-state index contributed by atoms with van der Waals surface area (Å²) in [6, 6.07) is 19.3. The Hall–Kier alpha value is -3.87. The molecular weight excluding hydrogens is 374 g/mol. The molecule has 5 rings (SSSR count). The highest BCUT2D eigenvalue weighted by Gasteiger charge is 2.16. The van der Waals surface area contributed by atoms with Gasteiger partial charge in [0.1, 0.15) is 11.6 Å². The first-order valence-corrected chi connectivity index (χ1v) is 8.99. The van der Waals surface area contributed by atoms with E-state index in [9.17, 15) is 13.6 Å². The molecule has 5 nitrogen and oxygen atoms in total. The van der Waals surface area contributed by atoms with E-state index in [1.54, 1.807) is 28.8 Å². The summed E-state index contributed by atoms with van der Waals surface area (Å²) in [5, 5.41) is 5.10. The summed E-state index contributed by atoms with van der Waals surface area (Å²) in [5.74, 6) is -0.392. The Kier molecular flexibility index (Phi) is 3.94. The van der Waals surface area contributed by atoms with Crippen LogP contribution in [0.4, 0.5) is 8.78 Å². The van der Waals surface area contributed by atoms with Gasteiger partial charge in [-0.3, -0.25) is 4.57 Å². The molecular formula is C22H14F2N4O. The van der Waals surface area contributed by atoms with Crippen molar-refractivity contribution in [3.63, 3.8) is 0 Å². The molecule has 0 radical (unpaired) electrons. The molecule has 0 N–H and O–H groups in total. The summed E-state index contributed by atoms with van der Waals surface area (Å²) in [6.07, 6.45) is 0. The second kappa shape index (κ2) is 6.63. The molecule has 2 heterocycles. The topological polar surface area (TPSA) is 52.2 Å². The van der Waals surface area contributed by atoms with Crippen LogP contribution < -0.4 is 5.69 Å². The van der Waals surface area contributed by atoms with Gasteiger partial charge >= 0.3 is 5.69 Å². The van der Waals surface area contributed by atoms with Crippen LogP contribution in [-0.4, -0.2) is 19.2 Å². The number of nitrogens with zero attached hydrogens (tertiary/aromatic N) is 4. The number of hydrogen-bond donors (Lipinski definition) is 0. The maximum Gasteiger partial charge on any atom is 0.351 e. The molecule has 0 amide bonds. The van der Waals surface area contributed by atoms with Crippen LogP contribution in [0.1, 0.15) is 5.56 Å². The summed E-state index contributed by atoms with van der Waals surface area (Å²) in [4.78, 5) is 17.7. The fourth-order valence-electron chi connectivity index (χ4n) is 3.43. The molecule has 7 heteroatoms. The number of rotatable bonds is 3. The fourth-order valence-corrected chi connectivity index (χ4v) is 3.43. The van der Waals surface area contributed by atoms with E-state index in [0.717, 1.165) is 5.39 Å². The van der Waals surface area contributed by atoms with Gasteiger partial charge in [0.2, 0.25) is 0 Å². The maximum absolute atomic E-state index is 13.6. The van der Waals surface area contributed by atoms with E-state index in [1.807, 2.05) is 24.3 Å². The van der Waals surface area contributed by atoms with Gasteiger partial charge in [-0.25, -0.2) is 18.6 Å². The number of benzene rings is 3. The molecule has 0 aliphatic carbocycles. The normalized spacial score (nSPS) is 11.4. The van der Waals surface area contributed by atoms with Crippen molar-refractivity contribution in [3.05, 3.63) is 100 Å². The number of para-hydroxylation sites is 1. The van der Waals surface area contributed by atoms with Crippen molar-refractivity contribution >= 4 is 16.6 Å². The summed E-state index contributed by atoms with van der Waals surface area (Å²) in [5.41, 5.74) is 1.97. The average molecular weight is 388 g/mol. The summed E-state index contributed by atoms with van der Waals surface area (Å²) in [6.45, 7) is 0.193. The minimum absolute atomic E-state index is 0.193. The SMILES string of the molecule is O=c1n(Cc2cccc(F)c2)c2ccccc2c2nc(-c3ccc(F)cc3)nn12. The van der Waals surface area contributed by atoms with Crippen molar-refractivity contribution in [2.24, 2.45) is 0 Å². The zero-order valence-corrected chi connectivity index (χ0v) is 15.1. The van der Waals surface area contributed by atoms with Crippen molar-refractivity contribution in [1.29, 1.82) is 0 Å². The maximum atomic E-state index is 13.6. The predicted octanol–water partition coefficient (Wildman–Crippen LogP) is 4.04. The second-order valence-corrected chi connectivity index (χ2v) is 6.69. The first-order valence-electron chi connectivity index (χ1n) is 8.99. The van der Waals surface area contributed by atoms with Crippen LogP contribution in [0.2, 0.25) is 0 Å². The van der Waals surface area contributed by atoms with Gasteiger partial charge in [-0.05, 0) is 54.1 Å². The Morgan fingerprint density at radius 1 is 0.862 bits per heavy atom. The molecule has 0 saturated heterocycles. The van der Waals surface area contributed by atoms with Gasteiger partial charge in [-0.1, -0.05) is 24.3 Å². The second-order valence-electron chi connectivity index (χ2n) is 6.69. The van der Waals surface area contributed by atoms with Gasteiger partial charge in [-0.2, -0.15) is 4.52 Å². The quantitative estimate of drug-likeness (QED) is 0.469. The molecule has 0 aliphatic heterocycles. The van der Waals surface area contributed by atoms with Gasteiger partial charge in [0.15, 0.2) is 11.5 Å². The number of fused-ring (bicyclic) bond motifs is 3. The van der Waals surface area contributed by atoms with Crippen LogP contribution >= 0.6 is 0 Å². The highest BCUT2D eigenvalue weighted by atomic mass is 19.1. The minimum atomic E-state index is -0.385. The molecule has 3 aromatic carbocycles. The van der Waals surface area contributed by atoms with Crippen molar-refractivity contribution in [1.82, 2.24) is 19.2 Å². The van der Waals surface area contributed by atoms with Crippen LogP contribution in [-0.2, 0) is 6.54 Å². The molecule has 0 unspecified atom stereocenters. The van der Waals surface area contributed by atoms with Gasteiger partial charge in [-0.15, -0.1) is 5.10 Å². The van der Waals surface area contributed by atoms with Gasteiger partial charge in [0, 0.05) is 10.9 Å². The van der Waals surface area contributed by atoms with Crippen LogP contribution in [0.15, 0.2) is 77.6 Å². The molecule has 0 atom stereocenters. The molecule has 0 aliphatic rings. The molecule has 0 bridgehead atoms. The summed E-state index contributed by atoms with van der Waals surface area (Å²) >= 11 is 0. The average Bonchev–Trinajstić information content (AvgIpc) is 3.18. The lowest BCUT2D eigenvalue weighted by Crippen LogP contribution is -2.28. The molecule has 0 spiro atoms. The Balaban J connectivity index is 1.76. The zero-order chi connectivity index (χ0) is 20.0. The van der Waals surface area contributed by atoms with Crippen LogP contribution in [0.3, 0.4) is 0 Å². The molecule has 142 valence electrons. The van der Waals surface area contributed by atoms with E-state index in [-0.39, 0.29) is 23.9 Å². The van der Waals surface area contributed by atoms with Crippen molar-refractivity contribution < 1.29 is 8.78 Å². The molecule has 2 aromatic heterocycles. The largest absolute Gasteiger partial charge is 0.351 e. The van der Waals surface area contributed by atoms with Crippen LogP contribution in [0.5, 0.6) is 0 Å². The Morgan fingerprint density at radius 3 is 2.45 bits per heavy atom. The summed E-state index contributed by atoms with van der Waals surface area (Å²) in [7, 11) is 0. The Labute approximate surface area is 163 Å². The molecule has 0 fully saturated rings. The first kappa shape index (κ1) is 17.2. The van der Waals surface area contributed by atoms with Gasteiger partial charge in [0.25, 0.3) is 0 Å². The third-order valence-corrected chi connectivity index (χ3v) is 4.79. The lowest BCUT2D eigenvalue weighted by atomic mass is 10.2. The standard InChI is InChI=1S/C22H14F2N4O/c23-16-10-8-15(9-11-16)20-25-21-18-6-1-2-7-19(18)27(22(29)28(21)26-20)13-14-4-3-5-17(24)12-14/h1-12H,13H2. The smallest absolute Gasteiger partial charge is 0.287 e. The van der Waals surface area contributed by atoms with Crippen LogP contribution in [0, 0.1) is 11.6 Å². The van der Waals surface area contributed by atoms with Crippen molar-refractivity contribution in [3.8, 4) is 11.4 Å². The Morgan fingerprint density at radius 2 is 1.66 bits per heavy atom. The summed E-state index contributed by atoms with van der Waals surface area (Å²) < 4.78 is 29.6. The first-order chi connectivity index (χ1) is 14.1. The third-order valence-electron chi connectivity index (χ3n) is 4.79. The van der Waals surface area contributed by atoms with Crippen LogP contribution in [0.25, 0.3) is 27.9 Å². The highest BCUT2D eigenvalue weighted by molar-refractivity contribution is 5.91. The van der Waals surface area contributed by atoms with Gasteiger partial charge in [0.05, 0.1) is 12.1 Å². The van der Waals surface area contributed by atoms with Crippen molar-refractivity contribution in [2.45, 2.75) is 6.54 Å². The van der Waals surface area contributed by atoms with E-state index in [0.29, 0.717) is 28.1 Å². The minimum Gasteiger partial charge on any atom is -0.287 e. The third kappa shape index (κ3) is 2.97. The molecule has 29 heavy (non-hydrogen) atoms. The van der Waals surface area contributed by atoms with Gasteiger partial charge < -0.3 is 0 Å². The van der Waals surface area contributed by atoms with Crippen molar-refractivity contribution in [2.75, 3.05) is 0 Å². The fraction of sp³-hybridized carbons (Fsp3) is 0.0455. The van der Waals surface area contributed by atoms with E-state index in [4.69, 9.17) is 0 Å². The highest BCUT2D eigenvalue weighted by Crippen LogP contribution is 2.22. The zero-order valence-electron chi connectivity index (χ0n) is 15.1. The number of halogens is 2. The lowest BCUT2D eigenvalue weighted by Gasteiger charge is -2.11. The van der Waals surface area contributed by atoms with E-state index < -0.39 is 0 Å². The lowest BCUT2D eigenvalue weighted by molar-refractivity contribution is 0.622. The molecule has 5 aromatic rings. The number of aromatic nitrogens is 4. The number of hydrogen-bond acceptors (Lipinski definition) is 3.